The van der Waals surface area contributed by atoms with Crippen LogP contribution in [0.5, 0.6) is 5.75 Å². The molecule has 2 heteroatoms. The Morgan fingerprint density at radius 1 is 1.00 bits per heavy atom. The minimum Gasteiger partial charge on any atom is -0.544 e. The molecule has 88 valence electrons. The predicted octanol–water partition coefficient (Wildman–Crippen LogP) is 4.70. The van der Waals surface area contributed by atoms with Gasteiger partial charge in [-0.25, -0.2) is 0 Å². The van der Waals surface area contributed by atoms with Crippen molar-refractivity contribution in [1.82, 2.24) is 0 Å². The van der Waals surface area contributed by atoms with Gasteiger partial charge in [0.05, 0.1) is 0 Å². The molecule has 0 unspecified atom stereocenters. The lowest BCUT2D eigenvalue weighted by atomic mass is 10.0. The fourth-order valence-electron chi connectivity index (χ4n) is 1.89. The van der Waals surface area contributed by atoms with Crippen molar-refractivity contribution in [3.05, 3.63) is 48.5 Å². The molecule has 1 nitrogen and oxygen atoms in total. The van der Waals surface area contributed by atoms with Gasteiger partial charge in [0.2, 0.25) is 8.32 Å². The number of rotatable bonds is 3. The zero-order chi connectivity index (χ0) is 12.5. The van der Waals surface area contributed by atoms with Crippen LogP contribution in [-0.4, -0.2) is 8.32 Å². The zero-order valence-electron chi connectivity index (χ0n) is 10.7. The first-order valence-electron chi connectivity index (χ1n) is 5.84. The van der Waals surface area contributed by atoms with Gasteiger partial charge in [-0.3, -0.25) is 0 Å². The highest BCUT2D eigenvalue weighted by Crippen LogP contribution is 2.30. The molecule has 0 aliphatic rings. The summed E-state index contributed by atoms with van der Waals surface area (Å²) in [5.41, 5.74) is 1.16. The molecular formula is C15H18OSi. The minimum absolute atomic E-state index is 0.991. The molecule has 0 saturated carbocycles. The first-order valence-corrected chi connectivity index (χ1v) is 9.25. The molecule has 0 heterocycles. The molecule has 0 saturated heterocycles. The Hall–Kier alpha value is -1.54. The van der Waals surface area contributed by atoms with Crippen LogP contribution >= 0.6 is 0 Å². The van der Waals surface area contributed by atoms with Crippen molar-refractivity contribution in [2.45, 2.75) is 19.6 Å². The van der Waals surface area contributed by atoms with E-state index in [-0.39, 0.29) is 0 Å². The highest BCUT2D eigenvalue weighted by Gasteiger charge is 2.17. The molecule has 17 heavy (non-hydrogen) atoms. The summed E-state index contributed by atoms with van der Waals surface area (Å²) in [6, 6.07) is 12.4. The topological polar surface area (TPSA) is 9.23 Å². The van der Waals surface area contributed by atoms with Crippen LogP contribution in [0.25, 0.3) is 16.8 Å². The van der Waals surface area contributed by atoms with Gasteiger partial charge in [-0.2, -0.15) is 0 Å². The third kappa shape index (κ3) is 2.59. The Morgan fingerprint density at radius 3 is 2.24 bits per heavy atom. The van der Waals surface area contributed by atoms with E-state index >= 15 is 0 Å². The van der Waals surface area contributed by atoms with E-state index in [1.54, 1.807) is 0 Å². The van der Waals surface area contributed by atoms with Gasteiger partial charge in [0.1, 0.15) is 5.75 Å². The van der Waals surface area contributed by atoms with Crippen LogP contribution in [0.1, 0.15) is 5.56 Å². The monoisotopic (exact) mass is 242 g/mol. The van der Waals surface area contributed by atoms with E-state index in [2.05, 4.69) is 50.5 Å². The summed E-state index contributed by atoms with van der Waals surface area (Å²) in [6.07, 6.45) is 1.89. The molecule has 0 aliphatic heterocycles. The normalized spacial score (nSPS) is 11.5. The van der Waals surface area contributed by atoms with Gasteiger partial charge in [-0.05, 0) is 36.7 Å². The fraction of sp³-hybridized carbons (Fsp3) is 0.200. The molecule has 0 radical (unpaired) electrons. The van der Waals surface area contributed by atoms with Crippen LogP contribution in [-0.2, 0) is 0 Å². The summed E-state index contributed by atoms with van der Waals surface area (Å²) in [7, 11) is -1.57. The molecule has 0 fully saturated rings. The summed E-state index contributed by atoms with van der Waals surface area (Å²) in [4.78, 5) is 0. The third-order valence-electron chi connectivity index (χ3n) is 2.55. The van der Waals surface area contributed by atoms with Gasteiger partial charge in [0.25, 0.3) is 0 Å². The SMILES string of the molecule is C=Cc1ccc(O[Si](C)(C)C)c2ccccc12. The maximum absolute atomic E-state index is 6.12. The van der Waals surface area contributed by atoms with E-state index in [1.165, 1.54) is 10.8 Å². The van der Waals surface area contributed by atoms with E-state index < -0.39 is 8.32 Å². The number of hydrogen-bond donors (Lipinski definition) is 0. The predicted molar refractivity (Wildman–Crippen MR) is 78.0 cm³/mol. The Morgan fingerprint density at radius 2 is 1.65 bits per heavy atom. The lowest BCUT2D eigenvalue weighted by Gasteiger charge is -2.21. The molecule has 0 aromatic heterocycles. The first-order chi connectivity index (χ1) is 8.01. The van der Waals surface area contributed by atoms with E-state index in [0.29, 0.717) is 0 Å². The third-order valence-corrected chi connectivity index (χ3v) is 3.39. The smallest absolute Gasteiger partial charge is 0.242 e. The molecule has 0 aliphatic carbocycles. The Kier molecular flexibility index (Phi) is 3.07. The van der Waals surface area contributed by atoms with Crippen molar-refractivity contribution in [2.24, 2.45) is 0 Å². The van der Waals surface area contributed by atoms with Gasteiger partial charge >= 0.3 is 0 Å². The Bertz CT molecular complexity index is 552. The molecule has 0 amide bonds. The van der Waals surface area contributed by atoms with Crippen LogP contribution < -0.4 is 4.43 Å². The summed E-state index contributed by atoms with van der Waals surface area (Å²) in [5.74, 6) is 0.991. The highest BCUT2D eigenvalue weighted by molar-refractivity contribution is 6.70. The molecule has 2 aromatic rings. The van der Waals surface area contributed by atoms with Crippen LogP contribution in [0.15, 0.2) is 43.0 Å². The standard InChI is InChI=1S/C15H18OSi/c1-5-12-10-11-15(16-17(2,3)4)14-9-7-6-8-13(12)14/h5-11H,1H2,2-4H3. The summed E-state index contributed by atoms with van der Waals surface area (Å²) in [6.45, 7) is 10.4. The fourth-order valence-corrected chi connectivity index (χ4v) is 2.73. The highest BCUT2D eigenvalue weighted by atomic mass is 28.4. The summed E-state index contributed by atoms with van der Waals surface area (Å²) >= 11 is 0. The maximum Gasteiger partial charge on any atom is 0.242 e. The van der Waals surface area contributed by atoms with Gasteiger partial charge in [-0.1, -0.05) is 43.0 Å². The van der Waals surface area contributed by atoms with E-state index in [9.17, 15) is 0 Å². The quantitative estimate of drug-likeness (QED) is 0.709. The average molecular weight is 242 g/mol. The number of benzene rings is 2. The van der Waals surface area contributed by atoms with Crippen molar-refractivity contribution in [3.63, 3.8) is 0 Å². The van der Waals surface area contributed by atoms with Crippen molar-refractivity contribution >= 4 is 25.2 Å². The number of fused-ring (bicyclic) bond motifs is 1. The van der Waals surface area contributed by atoms with Crippen molar-refractivity contribution in [1.29, 1.82) is 0 Å². The van der Waals surface area contributed by atoms with Gasteiger partial charge < -0.3 is 4.43 Å². The molecule has 0 spiro atoms. The average Bonchev–Trinajstić information content (AvgIpc) is 2.28. The molecule has 2 rings (SSSR count). The largest absolute Gasteiger partial charge is 0.544 e. The summed E-state index contributed by atoms with van der Waals surface area (Å²) < 4.78 is 6.12. The van der Waals surface area contributed by atoms with Gasteiger partial charge in [-0.15, -0.1) is 0 Å². The van der Waals surface area contributed by atoms with Crippen LogP contribution in [0.2, 0.25) is 19.6 Å². The van der Waals surface area contributed by atoms with Gasteiger partial charge in [0.15, 0.2) is 0 Å². The Labute approximate surface area is 104 Å². The van der Waals surface area contributed by atoms with Crippen molar-refractivity contribution < 1.29 is 4.43 Å². The van der Waals surface area contributed by atoms with Crippen molar-refractivity contribution in [2.75, 3.05) is 0 Å². The minimum atomic E-state index is -1.57. The van der Waals surface area contributed by atoms with E-state index in [0.717, 1.165) is 11.3 Å². The Balaban J connectivity index is 2.62. The summed E-state index contributed by atoms with van der Waals surface area (Å²) in [5, 5.41) is 2.38. The lowest BCUT2D eigenvalue weighted by Crippen LogP contribution is -2.29. The molecule has 0 bridgehead atoms. The van der Waals surface area contributed by atoms with Crippen LogP contribution in [0, 0.1) is 0 Å². The van der Waals surface area contributed by atoms with Crippen LogP contribution in [0.4, 0.5) is 0 Å². The molecule has 0 atom stereocenters. The molecule has 0 N–H and O–H groups in total. The van der Waals surface area contributed by atoms with Gasteiger partial charge in [0, 0.05) is 5.39 Å². The second-order valence-corrected chi connectivity index (χ2v) is 9.55. The second kappa shape index (κ2) is 4.38. The number of hydrogen-bond acceptors (Lipinski definition) is 1. The first kappa shape index (κ1) is 11.9. The van der Waals surface area contributed by atoms with E-state index in [1.807, 2.05) is 18.2 Å². The second-order valence-electron chi connectivity index (χ2n) is 5.12. The maximum atomic E-state index is 6.12. The molecular weight excluding hydrogens is 224 g/mol. The van der Waals surface area contributed by atoms with Crippen LogP contribution in [0.3, 0.4) is 0 Å². The molecule has 2 aromatic carbocycles. The zero-order valence-corrected chi connectivity index (χ0v) is 11.7. The lowest BCUT2D eigenvalue weighted by molar-refractivity contribution is 0.564. The van der Waals surface area contributed by atoms with Crippen molar-refractivity contribution in [3.8, 4) is 5.75 Å². The van der Waals surface area contributed by atoms with E-state index in [4.69, 9.17) is 4.43 Å².